The Kier molecular flexibility index (Phi) is 3.16. The minimum absolute atomic E-state index is 0.666. The molecular formula is C14H10BrN4OS+. The highest BCUT2D eigenvalue weighted by atomic mass is 79.9. The number of nitrogens with zero attached hydrogens (tertiary/aromatic N) is 3. The Labute approximate surface area is 132 Å². The number of oxazole rings is 1. The average Bonchev–Trinajstić information content (AvgIpc) is 3.07. The lowest BCUT2D eigenvalue weighted by Crippen LogP contribution is -2.20. The highest BCUT2D eigenvalue weighted by Crippen LogP contribution is 2.27. The van der Waals surface area contributed by atoms with Gasteiger partial charge in [0, 0.05) is 6.07 Å². The second-order valence-corrected chi connectivity index (χ2v) is 6.12. The van der Waals surface area contributed by atoms with Gasteiger partial charge in [0.2, 0.25) is 0 Å². The second-order valence-electron chi connectivity index (χ2n) is 4.44. The summed E-state index contributed by atoms with van der Waals surface area (Å²) < 4.78 is 8.63. The van der Waals surface area contributed by atoms with Crippen molar-refractivity contribution in [1.29, 1.82) is 0 Å². The predicted molar refractivity (Wildman–Crippen MR) is 83.0 cm³/mol. The molecule has 0 saturated carbocycles. The summed E-state index contributed by atoms with van der Waals surface area (Å²) in [6.07, 6.45) is 3.71. The van der Waals surface area contributed by atoms with Crippen LogP contribution in [-0.2, 0) is 5.75 Å². The van der Waals surface area contributed by atoms with E-state index in [0.717, 1.165) is 32.9 Å². The SMILES string of the molecule is Brc1c(CSc2nc3ccccc3o2)[nH]c2nccc[n+]12. The maximum Gasteiger partial charge on any atom is 0.401 e. The second kappa shape index (κ2) is 5.16. The van der Waals surface area contributed by atoms with Crippen molar-refractivity contribution in [3.05, 3.63) is 53.0 Å². The number of thioether (sulfide) groups is 1. The number of fused-ring (bicyclic) bond motifs is 2. The van der Waals surface area contributed by atoms with E-state index in [9.17, 15) is 0 Å². The molecule has 3 heterocycles. The summed E-state index contributed by atoms with van der Waals surface area (Å²) in [5.74, 6) is 1.52. The van der Waals surface area contributed by atoms with Crippen LogP contribution < -0.4 is 4.40 Å². The summed E-state index contributed by atoms with van der Waals surface area (Å²) in [5.41, 5.74) is 2.74. The van der Waals surface area contributed by atoms with Crippen molar-refractivity contribution in [3.63, 3.8) is 0 Å². The van der Waals surface area contributed by atoms with Gasteiger partial charge in [0.1, 0.15) is 17.4 Å². The number of benzene rings is 1. The van der Waals surface area contributed by atoms with Crippen molar-refractivity contribution in [2.75, 3.05) is 0 Å². The Morgan fingerprint density at radius 1 is 1.29 bits per heavy atom. The van der Waals surface area contributed by atoms with Crippen LogP contribution in [0.25, 0.3) is 16.9 Å². The van der Waals surface area contributed by atoms with E-state index in [0.29, 0.717) is 5.22 Å². The molecule has 0 amide bonds. The Balaban J connectivity index is 1.61. The van der Waals surface area contributed by atoms with Gasteiger partial charge in [0.05, 0.1) is 11.9 Å². The van der Waals surface area contributed by atoms with Gasteiger partial charge in [0.15, 0.2) is 10.2 Å². The number of rotatable bonds is 3. The predicted octanol–water partition coefficient (Wildman–Crippen LogP) is 3.34. The van der Waals surface area contributed by atoms with Gasteiger partial charge < -0.3 is 4.42 Å². The molecule has 104 valence electrons. The number of H-pyrrole nitrogens is 1. The molecule has 4 rings (SSSR count). The van der Waals surface area contributed by atoms with Crippen LogP contribution in [0.3, 0.4) is 0 Å². The molecule has 0 spiro atoms. The Morgan fingerprint density at radius 3 is 3.05 bits per heavy atom. The monoisotopic (exact) mass is 361 g/mol. The minimum atomic E-state index is 0.666. The standard InChI is InChI=1S/C14H9BrN4OS/c15-12-10(17-13-16-6-3-7-19(12)13)8-21-14-18-9-4-1-2-5-11(9)20-14/h1-7H,8H2/p+1. The molecule has 1 N–H and O–H groups in total. The van der Waals surface area contributed by atoms with Gasteiger partial charge >= 0.3 is 5.78 Å². The van der Waals surface area contributed by atoms with Crippen LogP contribution in [0.4, 0.5) is 0 Å². The molecule has 3 aromatic heterocycles. The summed E-state index contributed by atoms with van der Waals surface area (Å²) >= 11 is 5.14. The van der Waals surface area contributed by atoms with E-state index in [2.05, 4.69) is 30.9 Å². The van der Waals surface area contributed by atoms with E-state index < -0.39 is 0 Å². The van der Waals surface area contributed by atoms with Gasteiger partial charge in [-0.2, -0.15) is 4.40 Å². The number of halogens is 1. The molecule has 0 atom stereocenters. The fourth-order valence-corrected chi connectivity index (χ4v) is 3.60. The van der Waals surface area contributed by atoms with Gasteiger partial charge in [-0.15, -0.1) is 0 Å². The summed E-state index contributed by atoms with van der Waals surface area (Å²) in [7, 11) is 0. The maximum absolute atomic E-state index is 5.70. The van der Waals surface area contributed by atoms with Crippen molar-refractivity contribution < 1.29 is 8.82 Å². The first-order valence-corrected chi connectivity index (χ1v) is 8.10. The Hall–Kier alpha value is -1.86. The third kappa shape index (κ3) is 2.32. The molecule has 4 aromatic rings. The molecule has 0 bridgehead atoms. The lowest BCUT2D eigenvalue weighted by molar-refractivity contribution is -0.525. The molecule has 0 radical (unpaired) electrons. The highest BCUT2D eigenvalue weighted by Gasteiger charge is 2.17. The number of hydrogen-bond acceptors (Lipinski definition) is 4. The fourth-order valence-electron chi connectivity index (χ4n) is 2.10. The van der Waals surface area contributed by atoms with Gasteiger partial charge in [-0.05, 0) is 28.1 Å². The lowest BCUT2D eigenvalue weighted by atomic mass is 10.3. The zero-order chi connectivity index (χ0) is 14.2. The van der Waals surface area contributed by atoms with Crippen LogP contribution in [0.1, 0.15) is 5.69 Å². The number of aromatic nitrogens is 4. The number of hydrogen-bond donors (Lipinski definition) is 1. The van der Waals surface area contributed by atoms with Crippen LogP contribution in [0, 0.1) is 0 Å². The normalized spacial score (nSPS) is 11.5. The first-order valence-electron chi connectivity index (χ1n) is 6.32. The van der Waals surface area contributed by atoms with Crippen LogP contribution in [0.5, 0.6) is 0 Å². The lowest BCUT2D eigenvalue weighted by Gasteiger charge is -1.92. The van der Waals surface area contributed by atoms with E-state index in [1.165, 1.54) is 0 Å². The zero-order valence-electron chi connectivity index (χ0n) is 10.8. The molecule has 0 aliphatic rings. The molecule has 5 nitrogen and oxygen atoms in total. The van der Waals surface area contributed by atoms with Crippen LogP contribution >= 0.6 is 27.7 Å². The molecule has 0 saturated heterocycles. The summed E-state index contributed by atoms with van der Waals surface area (Å²) in [6, 6.07) is 9.66. The van der Waals surface area contributed by atoms with E-state index in [1.807, 2.05) is 40.9 Å². The number of nitrogens with one attached hydrogen (secondary N) is 1. The minimum Gasteiger partial charge on any atom is -0.431 e. The molecule has 7 heteroatoms. The van der Waals surface area contributed by atoms with Gasteiger partial charge in [-0.25, -0.2) is 9.97 Å². The Bertz CT molecular complexity index is 900. The smallest absolute Gasteiger partial charge is 0.401 e. The fraction of sp³-hybridized carbons (Fsp3) is 0.0714. The van der Waals surface area contributed by atoms with Crippen LogP contribution in [0.2, 0.25) is 0 Å². The van der Waals surface area contributed by atoms with Crippen molar-refractivity contribution >= 4 is 44.6 Å². The van der Waals surface area contributed by atoms with E-state index in [4.69, 9.17) is 4.42 Å². The third-order valence-corrected chi connectivity index (χ3v) is 4.80. The third-order valence-electron chi connectivity index (χ3n) is 3.08. The zero-order valence-corrected chi connectivity index (χ0v) is 13.2. The first-order chi connectivity index (χ1) is 10.3. The van der Waals surface area contributed by atoms with E-state index in [1.54, 1.807) is 18.0 Å². The van der Waals surface area contributed by atoms with Crippen molar-refractivity contribution in [2.24, 2.45) is 0 Å². The highest BCUT2D eigenvalue weighted by molar-refractivity contribution is 9.10. The van der Waals surface area contributed by atoms with Crippen molar-refractivity contribution in [3.8, 4) is 0 Å². The maximum atomic E-state index is 5.70. The molecule has 0 aliphatic carbocycles. The molecule has 0 fully saturated rings. The van der Waals surface area contributed by atoms with E-state index in [-0.39, 0.29) is 0 Å². The summed E-state index contributed by atoms with van der Waals surface area (Å²) in [4.78, 5) is 12.0. The summed E-state index contributed by atoms with van der Waals surface area (Å²) in [6.45, 7) is 0. The summed E-state index contributed by atoms with van der Waals surface area (Å²) in [5, 5.41) is 0.666. The molecule has 0 unspecified atom stereocenters. The van der Waals surface area contributed by atoms with Crippen LogP contribution in [0.15, 0.2) is 57.0 Å². The first kappa shape index (κ1) is 12.8. The number of para-hydroxylation sites is 2. The molecular weight excluding hydrogens is 352 g/mol. The number of aromatic amines is 1. The molecule has 21 heavy (non-hydrogen) atoms. The topological polar surface area (TPSA) is 58.8 Å². The average molecular weight is 362 g/mol. The molecule has 1 aromatic carbocycles. The van der Waals surface area contributed by atoms with Gasteiger partial charge in [-0.1, -0.05) is 28.9 Å². The van der Waals surface area contributed by atoms with Crippen molar-refractivity contribution in [1.82, 2.24) is 15.0 Å². The largest absolute Gasteiger partial charge is 0.431 e. The van der Waals surface area contributed by atoms with Gasteiger partial charge in [0.25, 0.3) is 5.22 Å². The van der Waals surface area contributed by atoms with Gasteiger partial charge in [-0.3, -0.25) is 0 Å². The van der Waals surface area contributed by atoms with E-state index >= 15 is 0 Å². The number of imidazole rings is 1. The molecule has 0 aliphatic heterocycles. The van der Waals surface area contributed by atoms with Crippen LogP contribution in [-0.4, -0.2) is 15.0 Å². The van der Waals surface area contributed by atoms with Crippen molar-refractivity contribution in [2.45, 2.75) is 11.0 Å². The quantitative estimate of drug-likeness (QED) is 0.449. The Morgan fingerprint density at radius 2 is 2.19 bits per heavy atom.